The fourth-order valence-corrected chi connectivity index (χ4v) is 3.34. The van der Waals surface area contributed by atoms with E-state index >= 15 is 0 Å². The van der Waals surface area contributed by atoms with E-state index in [1.165, 1.54) is 11.3 Å². The Morgan fingerprint density at radius 3 is 2.59 bits per heavy atom. The zero-order chi connectivity index (χ0) is 19.4. The van der Waals surface area contributed by atoms with Gasteiger partial charge in [-0.2, -0.15) is 0 Å². The van der Waals surface area contributed by atoms with Gasteiger partial charge in [0.15, 0.2) is 16.6 Å². The van der Waals surface area contributed by atoms with Gasteiger partial charge >= 0.3 is 0 Å². The summed E-state index contributed by atoms with van der Waals surface area (Å²) in [5.41, 5.74) is 2.26. The van der Waals surface area contributed by atoms with Gasteiger partial charge in [-0.05, 0) is 37.6 Å². The number of hydrogen-bond donors (Lipinski definition) is 2. The Bertz CT molecular complexity index is 971. The van der Waals surface area contributed by atoms with Crippen LogP contribution in [-0.4, -0.2) is 30.1 Å². The number of nitrogens with one attached hydrogen (secondary N) is 2. The van der Waals surface area contributed by atoms with Crippen LogP contribution in [0.4, 0.5) is 16.6 Å². The van der Waals surface area contributed by atoms with E-state index in [1.54, 1.807) is 45.5 Å². The van der Waals surface area contributed by atoms with Crippen LogP contribution in [-0.2, 0) is 0 Å². The number of pyridine rings is 1. The average Bonchev–Trinajstić information content (AvgIpc) is 3.04. The molecule has 1 aromatic carbocycles. The SMILES string of the molecule is COc1ccc(NC(=O)c2sc(Nc3ncccc3C)nc2C)cc1OC. The summed E-state index contributed by atoms with van der Waals surface area (Å²) >= 11 is 1.28. The van der Waals surface area contributed by atoms with Crippen LogP contribution in [0.3, 0.4) is 0 Å². The zero-order valence-electron chi connectivity index (χ0n) is 15.5. The van der Waals surface area contributed by atoms with E-state index in [4.69, 9.17) is 9.47 Å². The van der Waals surface area contributed by atoms with Crippen molar-refractivity contribution in [3.8, 4) is 11.5 Å². The first-order valence-corrected chi connectivity index (χ1v) is 9.03. The van der Waals surface area contributed by atoms with Crippen LogP contribution in [0.15, 0.2) is 36.5 Å². The third-order valence-corrected chi connectivity index (χ3v) is 4.95. The highest BCUT2D eigenvalue weighted by molar-refractivity contribution is 7.17. The zero-order valence-corrected chi connectivity index (χ0v) is 16.3. The number of aryl methyl sites for hydroxylation is 2. The lowest BCUT2D eigenvalue weighted by Crippen LogP contribution is -2.11. The standard InChI is InChI=1S/C19H20N4O3S/c1-11-6-5-9-20-17(11)23-19-21-12(2)16(27-19)18(24)22-13-7-8-14(25-3)15(10-13)26-4/h5-10H,1-4H3,(H,22,24)(H,20,21,23). The minimum atomic E-state index is -0.233. The molecule has 3 rings (SSSR count). The normalized spacial score (nSPS) is 10.4. The maximum Gasteiger partial charge on any atom is 0.267 e. The fraction of sp³-hybridized carbons (Fsp3) is 0.211. The number of nitrogens with zero attached hydrogens (tertiary/aromatic N) is 2. The summed E-state index contributed by atoms with van der Waals surface area (Å²) < 4.78 is 10.5. The van der Waals surface area contributed by atoms with E-state index in [1.807, 2.05) is 19.1 Å². The van der Waals surface area contributed by atoms with Crippen LogP contribution in [0.1, 0.15) is 20.9 Å². The number of thiazole rings is 1. The van der Waals surface area contributed by atoms with Gasteiger partial charge in [0.1, 0.15) is 10.7 Å². The largest absolute Gasteiger partial charge is 0.493 e. The molecule has 140 valence electrons. The molecule has 2 aromatic heterocycles. The molecule has 2 N–H and O–H groups in total. The van der Waals surface area contributed by atoms with Crippen LogP contribution in [0.25, 0.3) is 0 Å². The minimum Gasteiger partial charge on any atom is -0.493 e. The van der Waals surface area contributed by atoms with Crippen molar-refractivity contribution >= 4 is 33.9 Å². The van der Waals surface area contributed by atoms with Gasteiger partial charge in [-0.25, -0.2) is 9.97 Å². The number of amides is 1. The molecule has 0 spiro atoms. The van der Waals surface area contributed by atoms with E-state index in [0.29, 0.717) is 32.9 Å². The smallest absolute Gasteiger partial charge is 0.267 e. The minimum absolute atomic E-state index is 0.233. The number of anilines is 3. The number of ether oxygens (including phenoxy) is 2. The maximum atomic E-state index is 12.7. The Kier molecular flexibility index (Phi) is 5.56. The maximum absolute atomic E-state index is 12.7. The van der Waals surface area contributed by atoms with Crippen LogP contribution >= 0.6 is 11.3 Å². The number of rotatable bonds is 6. The lowest BCUT2D eigenvalue weighted by Gasteiger charge is -2.10. The van der Waals surface area contributed by atoms with Gasteiger partial charge in [0, 0.05) is 18.0 Å². The van der Waals surface area contributed by atoms with Gasteiger partial charge in [-0.3, -0.25) is 4.79 Å². The molecule has 1 amide bonds. The van der Waals surface area contributed by atoms with Gasteiger partial charge in [0.25, 0.3) is 5.91 Å². The summed E-state index contributed by atoms with van der Waals surface area (Å²) in [7, 11) is 3.11. The van der Waals surface area contributed by atoms with Gasteiger partial charge in [-0.15, -0.1) is 0 Å². The van der Waals surface area contributed by atoms with Crippen molar-refractivity contribution in [1.82, 2.24) is 9.97 Å². The summed E-state index contributed by atoms with van der Waals surface area (Å²) in [5, 5.41) is 6.65. The molecule has 8 heteroatoms. The van der Waals surface area contributed by atoms with Crippen molar-refractivity contribution in [3.05, 3.63) is 52.7 Å². The Hall–Kier alpha value is -3.13. The summed E-state index contributed by atoms with van der Waals surface area (Å²) in [6.45, 7) is 3.76. The first kappa shape index (κ1) is 18.7. The van der Waals surface area contributed by atoms with Crippen LogP contribution in [0.5, 0.6) is 11.5 Å². The topological polar surface area (TPSA) is 85.4 Å². The molecule has 0 atom stereocenters. The quantitative estimate of drug-likeness (QED) is 0.663. The summed E-state index contributed by atoms with van der Waals surface area (Å²) in [6, 6.07) is 9.04. The second-order valence-corrected chi connectivity index (χ2v) is 6.75. The Labute approximate surface area is 161 Å². The molecule has 0 saturated carbocycles. The third kappa shape index (κ3) is 4.17. The van der Waals surface area contributed by atoms with Crippen molar-refractivity contribution in [1.29, 1.82) is 0 Å². The predicted molar refractivity (Wildman–Crippen MR) is 107 cm³/mol. The number of carbonyl (C=O) groups is 1. The molecule has 0 aliphatic rings. The predicted octanol–water partition coefficient (Wildman–Crippen LogP) is 4.17. The summed E-state index contributed by atoms with van der Waals surface area (Å²) in [6.07, 6.45) is 1.71. The van der Waals surface area contributed by atoms with Crippen LogP contribution < -0.4 is 20.1 Å². The van der Waals surface area contributed by atoms with Gasteiger partial charge in [-0.1, -0.05) is 17.4 Å². The average molecular weight is 384 g/mol. The van der Waals surface area contributed by atoms with Gasteiger partial charge < -0.3 is 20.1 Å². The van der Waals surface area contributed by atoms with Crippen molar-refractivity contribution < 1.29 is 14.3 Å². The molecule has 3 aromatic rings. The number of benzene rings is 1. The third-order valence-electron chi connectivity index (χ3n) is 3.88. The first-order valence-electron chi connectivity index (χ1n) is 8.21. The van der Waals surface area contributed by atoms with E-state index in [0.717, 1.165) is 11.4 Å². The molecular weight excluding hydrogens is 364 g/mol. The lowest BCUT2D eigenvalue weighted by atomic mass is 10.2. The van der Waals surface area contributed by atoms with E-state index in [9.17, 15) is 4.79 Å². The first-order chi connectivity index (χ1) is 13.0. The molecule has 2 heterocycles. The molecule has 0 unspecified atom stereocenters. The number of methoxy groups -OCH3 is 2. The number of aromatic nitrogens is 2. The molecule has 0 aliphatic carbocycles. The highest BCUT2D eigenvalue weighted by atomic mass is 32.1. The fourth-order valence-electron chi connectivity index (χ4n) is 2.48. The Balaban J connectivity index is 1.78. The molecule has 0 bridgehead atoms. The Morgan fingerprint density at radius 2 is 1.89 bits per heavy atom. The summed E-state index contributed by atoms with van der Waals surface area (Å²) in [4.78, 5) is 21.9. The van der Waals surface area contributed by atoms with Gasteiger partial charge in [0.2, 0.25) is 0 Å². The van der Waals surface area contributed by atoms with E-state index in [-0.39, 0.29) is 5.91 Å². The molecule has 0 saturated heterocycles. The van der Waals surface area contributed by atoms with Crippen molar-refractivity contribution in [2.45, 2.75) is 13.8 Å². The molecule has 7 nitrogen and oxygen atoms in total. The monoisotopic (exact) mass is 384 g/mol. The highest BCUT2D eigenvalue weighted by Gasteiger charge is 2.17. The molecule has 0 aliphatic heterocycles. The molecule has 0 fully saturated rings. The van der Waals surface area contributed by atoms with Gasteiger partial charge in [0.05, 0.1) is 19.9 Å². The number of hydrogen-bond acceptors (Lipinski definition) is 7. The summed E-state index contributed by atoms with van der Waals surface area (Å²) in [5.74, 6) is 1.63. The van der Waals surface area contributed by atoms with Crippen LogP contribution in [0, 0.1) is 13.8 Å². The Morgan fingerprint density at radius 1 is 1.11 bits per heavy atom. The lowest BCUT2D eigenvalue weighted by molar-refractivity contribution is 0.103. The molecular formula is C19H20N4O3S. The van der Waals surface area contributed by atoms with Crippen LogP contribution in [0.2, 0.25) is 0 Å². The van der Waals surface area contributed by atoms with Crippen molar-refractivity contribution in [3.63, 3.8) is 0 Å². The second-order valence-electron chi connectivity index (χ2n) is 5.75. The number of carbonyl (C=O) groups excluding carboxylic acids is 1. The van der Waals surface area contributed by atoms with Crippen molar-refractivity contribution in [2.24, 2.45) is 0 Å². The molecule has 27 heavy (non-hydrogen) atoms. The highest BCUT2D eigenvalue weighted by Crippen LogP contribution is 2.31. The van der Waals surface area contributed by atoms with E-state index < -0.39 is 0 Å². The van der Waals surface area contributed by atoms with Crippen molar-refractivity contribution in [2.75, 3.05) is 24.9 Å². The second kappa shape index (κ2) is 8.05. The van der Waals surface area contributed by atoms with E-state index in [2.05, 4.69) is 20.6 Å². The molecule has 0 radical (unpaired) electrons.